The highest BCUT2D eigenvalue weighted by Gasteiger charge is 2.19. The van der Waals surface area contributed by atoms with E-state index in [1.54, 1.807) is 35.2 Å². The summed E-state index contributed by atoms with van der Waals surface area (Å²) in [6.45, 7) is 9.55. The van der Waals surface area contributed by atoms with Crippen LogP contribution in [0.25, 0.3) is 11.0 Å². The maximum Gasteiger partial charge on any atom is 0.291 e. The minimum atomic E-state index is -0.334. The summed E-state index contributed by atoms with van der Waals surface area (Å²) >= 11 is 0. The van der Waals surface area contributed by atoms with Gasteiger partial charge < -0.3 is 19.4 Å². The number of carbonyl (C=O) groups is 2. The molecule has 0 bridgehead atoms. The Bertz CT molecular complexity index is 1020. The van der Waals surface area contributed by atoms with Gasteiger partial charge in [0.1, 0.15) is 11.3 Å². The molecule has 3 rings (SSSR count). The molecule has 0 aliphatic rings. The second-order valence-electron chi connectivity index (χ2n) is 6.66. The van der Waals surface area contributed by atoms with Crippen LogP contribution >= 0.6 is 0 Å². The summed E-state index contributed by atoms with van der Waals surface area (Å²) < 4.78 is 11.3. The van der Waals surface area contributed by atoms with Crippen molar-refractivity contribution in [2.75, 3.05) is 25.0 Å². The molecule has 0 fully saturated rings. The summed E-state index contributed by atoms with van der Waals surface area (Å²) in [6, 6.07) is 12.4. The quantitative estimate of drug-likeness (QED) is 0.620. The van der Waals surface area contributed by atoms with Crippen molar-refractivity contribution in [3.05, 3.63) is 59.4 Å². The van der Waals surface area contributed by atoms with Crippen LogP contribution in [0.15, 0.2) is 46.9 Å². The number of furan rings is 1. The standard InChI is InChI=1S/C23H26N2O4/c1-5-25(6-2)23(27)16-8-10-17(11-9-16)24-22(26)21-15(4)19-14-18(28-7-3)12-13-20(19)29-21/h8-14H,5-7H2,1-4H3,(H,24,26). The number of hydrogen-bond donors (Lipinski definition) is 1. The number of anilines is 1. The molecular formula is C23H26N2O4. The van der Waals surface area contributed by atoms with Gasteiger partial charge in [-0.3, -0.25) is 9.59 Å². The van der Waals surface area contributed by atoms with Gasteiger partial charge in [0.05, 0.1) is 6.61 Å². The zero-order valence-corrected chi connectivity index (χ0v) is 17.2. The smallest absolute Gasteiger partial charge is 0.291 e. The Hall–Kier alpha value is -3.28. The van der Waals surface area contributed by atoms with E-state index in [1.807, 2.05) is 39.8 Å². The Morgan fingerprint density at radius 2 is 1.72 bits per heavy atom. The lowest BCUT2D eigenvalue weighted by Gasteiger charge is -2.18. The number of hydrogen-bond acceptors (Lipinski definition) is 4. The van der Waals surface area contributed by atoms with Gasteiger partial charge in [-0.2, -0.15) is 0 Å². The van der Waals surface area contributed by atoms with Crippen LogP contribution in [0.3, 0.4) is 0 Å². The van der Waals surface area contributed by atoms with Crippen molar-refractivity contribution in [1.29, 1.82) is 0 Å². The second kappa shape index (κ2) is 8.82. The fourth-order valence-electron chi connectivity index (χ4n) is 3.25. The van der Waals surface area contributed by atoms with Crippen LogP contribution in [-0.4, -0.2) is 36.4 Å². The summed E-state index contributed by atoms with van der Waals surface area (Å²) in [6.07, 6.45) is 0. The van der Waals surface area contributed by atoms with Crippen LogP contribution in [0.2, 0.25) is 0 Å². The molecular weight excluding hydrogens is 368 g/mol. The van der Waals surface area contributed by atoms with Gasteiger partial charge in [0.2, 0.25) is 0 Å². The molecule has 0 saturated heterocycles. The van der Waals surface area contributed by atoms with E-state index in [4.69, 9.17) is 9.15 Å². The molecule has 0 unspecified atom stereocenters. The zero-order valence-electron chi connectivity index (χ0n) is 17.2. The molecule has 29 heavy (non-hydrogen) atoms. The predicted molar refractivity (Wildman–Crippen MR) is 114 cm³/mol. The number of carbonyl (C=O) groups excluding carboxylic acids is 2. The van der Waals surface area contributed by atoms with Crippen molar-refractivity contribution in [3.8, 4) is 5.75 Å². The number of aryl methyl sites for hydroxylation is 1. The molecule has 3 aromatic rings. The molecule has 152 valence electrons. The predicted octanol–water partition coefficient (Wildman–Crippen LogP) is 4.87. The molecule has 2 amide bonds. The fourth-order valence-corrected chi connectivity index (χ4v) is 3.25. The van der Waals surface area contributed by atoms with Crippen molar-refractivity contribution in [3.63, 3.8) is 0 Å². The van der Waals surface area contributed by atoms with Gasteiger partial charge in [0, 0.05) is 35.3 Å². The van der Waals surface area contributed by atoms with Crippen LogP contribution in [0.5, 0.6) is 5.75 Å². The molecule has 6 nitrogen and oxygen atoms in total. The van der Waals surface area contributed by atoms with Gasteiger partial charge in [-0.1, -0.05) is 0 Å². The Labute approximate surface area is 170 Å². The topological polar surface area (TPSA) is 71.8 Å². The molecule has 0 aliphatic heterocycles. The lowest BCUT2D eigenvalue weighted by Crippen LogP contribution is -2.30. The van der Waals surface area contributed by atoms with Crippen LogP contribution in [0, 0.1) is 6.92 Å². The average molecular weight is 394 g/mol. The van der Waals surface area contributed by atoms with E-state index in [2.05, 4.69) is 5.32 Å². The number of nitrogens with one attached hydrogen (secondary N) is 1. The third-order valence-electron chi connectivity index (χ3n) is 4.87. The minimum absolute atomic E-state index is 0.0221. The maximum absolute atomic E-state index is 12.7. The van der Waals surface area contributed by atoms with Crippen LogP contribution < -0.4 is 10.1 Å². The third kappa shape index (κ3) is 4.26. The molecule has 1 heterocycles. The van der Waals surface area contributed by atoms with Crippen molar-refractivity contribution >= 4 is 28.5 Å². The van der Waals surface area contributed by atoms with Crippen molar-refractivity contribution in [1.82, 2.24) is 4.90 Å². The van der Waals surface area contributed by atoms with E-state index < -0.39 is 0 Å². The second-order valence-corrected chi connectivity index (χ2v) is 6.66. The highest BCUT2D eigenvalue weighted by Crippen LogP contribution is 2.29. The Kier molecular flexibility index (Phi) is 6.22. The van der Waals surface area contributed by atoms with Gasteiger partial charge in [-0.25, -0.2) is 0 Å². The van der Waals surface area contributed by atoms with Gasteiger partial charge in [-0.15, -0.1) is 0 Å². The first-order valence-corrected chi connectivity index (χ1v) is 9.85. The van der Waals surface area contributed by atoms with Gasteiger partial charge in [0.15, 0.2) is 5.76 Å². The highest BCUT2D eigenvalue weighted by molar-refractivity contribution is 6.06. The first-order valence-electron chi connectivity index (χ1n) is 9.85. The minimum Gasteiger partial charge on any atom is -0.494 e. The molecule has 0 radical (unpaired) electrons. The maximum atomic E-state index is 12.7. The summed E-state index contributed by atoms with van der Waals surface area (Å²) in [5.74, 6) is 0.645. The van der Waals surface area contributed by atoms with Crippen LogP contribution in [0.4, 0.5) is 5.69 Å². The largest absolute Gasteiger partial charge is 0.494 e. The molecule has 0 spiro atoms. The fraction of sp³-hybridized carbons (Fsp3) is 0.304. The van der Waals surface area contributed by atoms with Crippen molar-refractivity contribution in [2.24, 2.45) is 0 Å². The summed E-state index contributed by atoms with van der Waals surface area (Å²) in [7, 11) is 0. The van der Waals surface area contributed by atoms with E-state index >= 15 is 0 Å². The number of rotatable bonds is 7. The Morgan fingerprint density at radius 1 is 1.03 bits per heavy atom. The zero-order chi connectivity index (χ0) is 21.0. The normalized spacial score (nSPS) is 10.8. The first-order chi connectivity index (χ1) is 14.0. The van der Waals surface area contributed by atoms with E-state index in [9.17, 15) is 9.59 Å². The number of benzene rings is 2. The molecule has 0 aliphatic carbocycles. The summed E-state index contributed by atoms with van der Waals surface area (Å²) in [5.41, 5.74) is 2.58. The Morgan fingerprint density at radius 3 is 2.34 bits per heavy atom. The van der Waals surface area contributed by atoms with E-state index in [0.717, 1.165) is 16.7 Å². The van der Waals surface area contributed by atoms with E-state index in [1.165, 1.54) is 0 Å². The van der Waals surface area contributed by atoms with Crippen molar-refractivity contribution < 1.29 is 18.7 Å². The van der Waals surface area contributed by atoms with Gasteiger partial charge >= 0.3 is 0 Å². The number of ether oxygens (including phenoxy) is 1. The summed E-state index contributed by atoms with van der Waals surface area (Å²) in [4.78, 5) is 26.9. The van der Waals surface area contributed by atoms with Crippen LogP contribution in [-0.2, 0) is 0 Å². The lowest BCUT2D eigenvalue weighted by molar-refractivity contribution is 0.0773. The number of nitrogens with zero attached hydrogens (tertiary/aromatic N) is 1. The number of amides is 2. The van der Waals surface area contributed by atoms with Crippen molar-refractivity contribution in [2.45, 2.75) is 27.7 Å². The monoisotopic (exact) mass is 394 g/mol. The van der Waals surface area contributed by atoms with E-state index in [-0.39, 0.29) is 17.6 Å². The molecule has 1 aromatic heterocycles. The first kappa shape index (κ1) is 20.5. The number of fused-ring (bicyclic) bond motifs is 1. The highest BCUT2D eigenvalue weighted by atomic mass is 16.5. The summed E-state index contributed by atoms with van der Waals surface area (Å²) in [5, 5.41) is 3.68. The molecule has 1 N–H and O–H groups in total. The van der Waals surface area contributed by atoms with E-state index in [0.29, 0.717) is 36.5 Å². The average Bonchev–Trinajstić information content (AvgIpc) is 3.06. The SMILES string of the molecule is CCOc1ccc2oc(C(=O)Nc3ccc(C(=O)N(CC)CC)cc3)c(C)c2c1. The van der Waals surface area contributed by atoms with Gasteiger partial charge in [-0.05, 0) is 70.2 Å². The molecule has 6 heteroatoms. The van der Waals surface area contributed by atoms with Crippen LogP contribution in [0.1, 0.15) is 47.2 Å². The Balaban J connectivity index is 1.78. The third-order valence-corrected chi connectivity index (χ3v) is 4.87. The molecule has 2 aromatic carbocycles. The molecule has 0 atom stereocenters. The molecule has 0 saturated carbocycles. The van der Waals surface area contributed by atoms with Gasteiger partial charge in [0.25, 0.3) is 11.8 Å². The lowest BCUT2D eigenvalue weighted by atomic mass is 10.1.